The molecule has 0 saturated heterocycles. The van der Waals surface area contributed by atoms with Crippen molar-refractivity contribution in [2.24, 2.45) is 0 Å². The Morgan fingerprint density at radius 3 is 2.64 bits per heavy atom. The minimum atomic E-state index is -4.55. The Morgan fingerprint density at radius 2 is 1.93 bits per heavy atom. The summed E-state index contributed by atoms with van der Waals surface area (Å²) in [5.41, 5.74) is 0.0729. The van der Waals surface area contributed by atoms with Crippen LogP contribution < -0.4 is 10.3 Å². The molecular formula is C18H12ClF3N4O2. The first-order valence-electron chi connectivity index (χ1n) is 8.06. The van der Waals surface area contributed by atoms with Crippen LogP contribution in [-0.2, 0) is 6.54 Å². The van der Waals surface area contributed by atoms with Crippen molar-refractivity contribution in [3.05, 3.63) is 58.1 Å². The lowest BCUT2D eigenvalue weighted by molar-refractivity contribution is -0.140. The Labute approximate surface area is 160 Å². The maximum Gasteiger partial charge on any atom is 0.406 e. The number of rotatable bonds is 3. The Hall–Kier alpha value is -3.07. The lowest BCUT2D eigenvalue weighted by atomic mass is 10.1. The molecule has 0 radical (unpaired) electrons. The fourth-order valence-corrected chi connectivity index (χ4v) is 3.32. The quantitative estimate of drug-likeness (QED) is 0.515. The highest BCUT2D eigenvalue weighted by Gasteiger charge is 2.30. The second kappa shape index (κ2) is 6.52. The molecule has 6 nitrogen and oxygen atoms in total. The van der Waals surface area contributed by atoms with Crippen LogP contribution in [0.15, 0.2) is 47.5 Å². The number of para-hydroxylation sites is 1. The zero-order valence-electron chi connectivity index (χ0n) is 14.4. The summed E-state index contributed by atoms with van der Waals surface area (Å²) < 4.78 is 46.5. The van der Waals surface area contributed by atoms with E-state index >= 15 is 0 Å². The van der Waals surface area contributed by atoms with Gasteiger partial charge in [0.15, 0.2) is 0 Å². The molecular weight excluding hydrogens is 397 g/mol. The van der Waals surface area contributed by atoms with E-state index in [1.165, 1.54) is 30.3 Å². The zero-order valence-corrected chi connectivity index (χ0v) is 15.1. The van der Waals surface area contributed by atoms with Gasteiger partial charge in [0.05, 0.1) is 34.7 Å². The van der Waals surface area contributed by atoms with E-state index < -0.39 is 18.3 Å². The average Bonchev–Trinajstić information content (AvgIpc) is 3.09. The van der Waals surface area contributed by atoms with Crippen molar-refractivity contribution in [2.45, 2.75) is 12.7 Å². The molecule has 4 aromatic rings. The van der Waals surface area contributed by atoms with Crippen LogP contribution in [0.5, 0.6) is 5.88 Å². The zero-order chi connectivity index (χ0) is 20.1. The maximum atomic E-state index is 13.0. The predicted octanol–water partition coefficient (Wildman–Crippen LogP) is 3.96. The molecule has 3 heterocycles. The predicted molar refractivity (Wildman–Crippen MR) is 98.2 cm³/mol. The number of methoxy groups -OCH3 is 1. The van der Waals surface area contributed by atoms with Crippen LogP contribution in [0.4, 0.5) is 13.2 Å². The van der Waals surface area contributed by atoms with Gasteiger partial charge >= 0.3 is 6.18 Å². The van der Waals surface area contributed by atoms with E-state index in [4.69, 9.17) is 16.3 Å². The van der Waals surface area contributed by atoms with Crippen molar-refractivity contribution in [3.63, 3.8) is 0 Å². The fourth-order valence-electron chi connectivity index (χ4n) is 3.17. The summed E-state index contributed by atoms with van der Waals surface area (Å²) in [5.74, 6) is 0.206. The molecule has 10 heteroatoms. The van der Waals surface area contributed by atoms with Crippen LogP contribution in [0.25, 0.3) is 27.5 Å². The van der Waals surface area contributed by atoms with Crippen molar-refractivity contribution in [1.29, 1.82) is 0 Å². The van der Waals surface area contributed by atoms with Gasteiger partial charge in [-0.2, -0.15) is 18.3 Å². The van der Waals surface area contributed by atoms with E-state index in [2.05, 4.69) is 10.1 Å². The highest BCUT2D eigenvalue weighted by molar-refractivity contribution is 6.30. The Morgan fingerprint density at radius 1 is 1.18 bits per heavy atom. The van der Waals surface area contributed by atoms with Gasteiger partial charge in [0.25, 0.3) is 5.56 Å². The number of halogens is 4. The number of ether oxygens (including phenoxy) is 1. The molecule has 3 aromatic heterocycles. The second-order valence-corrected chi connectivity index (χ2v) is 6.46. The summed E-state index contributed by atoms with van der Waals surface area (Å²) >= 11 is 6.04. The number of aromatic nitrogens is 4. The largest absolute Gasteiger partial charge is 0.479 e. The van der Waals surface area contributed by atoms with Gasteiger partial charge in [-0.05, 0) is 12.1 Å². The van der Waals surface area contributed by atoms with E-state index in [0.29, 0.717) is 26.2 Å². The lowest BCUT2D eigenvalue weighted by Gasteiger charge is -2.15. The van der Waals surface area contributed by atoms with Gasteiger partial charge < -0.3 is 4.74 Å². The first-order valence-corrected chi connectivity index (χ1v) is 8.44. The molecule has 0 aliphatic carbocycles. The normalized spacial score (nSPS) is 12.0. The summed E-state index contributed by atoms with van der Waals surface area (Å²) in [4.78, 5) is 16.9. The molecule has 0 aliphatic heterocycles. The molecule has 0 fully saturated rings. The Kier molecular flexibility index (Phi) is 4.26. The molecule has 0 spiro atoms. The van der Waals surface area contributed by atoms with Gasteiger partial charge in [-0.3, -0.25) is 9.36 Å². The van der Waals surface area contributed by atoms with Crippen LogP contribution in [-0.4, -0.2) is 32.6 Å². The number of benzene rings is 1. The van der Waals surface area contributed by atoms with Crippen LogP contribution >= 0.6 is 11.6 Å². The topological polar surface area (TPSA) is 61.9 Å². The molecule has 0 unspecified atom stereocenters. The van der Waals surface area contributed by atoms with E-state index in [-0.39, 0.29) is 16.8 Å². The second-order valence-electron chi connectivity index (χ2n) is 6.02. The third kappa shape index (κ3) is 2.97. The third-order valence-electron chi connectivity index (χ3n) is 4.25. The van der Waals surface area contributed by atoms with Gasteiger partial charge in [-0.15, -0.1) is 0 Å². The van der Waals surface area contributed by atoms with Gasteiger partial charge in [0.1, 0.15) is 12.2 Å². The SMILES string of the molecule is COc1ncc(Cl)cc1-n1ncc2c(=O)n(CC(F)(F)F)c3ccccc3c21. The Balaban J connectivity index is 2.12. The standard InChI is InChI=1S/C18H12ClF3N4O2/c1-28-16-14(6-10(19)7-23-16)26-15-11-4-2-3-5-13(11)25(9-18(20,21)22)17(27)12(15)8-24-26/h2-8H,9H2,1H3. The van der Waals surface area contributed by atoms with Crippen molar-refractivity contribution in [3.8, 4) is 11.6 Å². The van der Waals surface area contributed by atoms with E-state index in [1.807, 2.05) is 0 Å². The molecule has 1 aromatic carbocycles. The first kappa shape index (κ1) is 18.3. The molecule has 0 N–H and O–H groups in total. The molecule has 4 rings (SSSR count). The minimum absolute atomic E-state index is 0.0463. The molecule has 0 bridgehead atoms. The highest BCUT2D eigenvalue weighted by Crippen LogP contribution is 2.30. The Bertz CT molecular complexity index is 1260. The van der Waals surface area contributed by atoms with Gasteiger partial charge in [0, 0.05) is 11.6 Å². The smallest absolute Gasteiger partial charge is 0.406 e. The van der Waals surface area contributed by atoms with Gasteiger partial charge in [-0.1, -0.05) is 29.8 Å². The summed E-state index contributed by atoms with van der Waals surface area (Å²) in [6.07, 6.45) is -1.92. The molecule has 0 saturated carbocycles. The molecule has 28 heavy (non-hydrogen) atoms. The maximum absolute atomic E-state index is 13.0. The molecule has 0 amide bonds. The first-order chi connectivity index (χ1) is 13.3. The van der Waals surface area contributed by atoms with Crippen molar-refractivity contribution < 1.29 is 17.9 Å². The monoisotopic (exact) mass is 408 g/mol. The van der Waals surface area contributed by atoms with Crippen LogP contribution in [0.3, 0.4) is 0 Å². The number of fused-ring (bicyclic) bond motifs is 3. The average molecular weight is 409 g/mol. The number of alkyl halides is 3. The number of nitrogens with zero attached hydrogens (tertiary/aromatic N) is 4. The van der Waals surface area contributed by atoms with Crippen molar-refractivity contribution in [2.75, 3.05) is 7.11 Å². The van der Waals surface area contributed by atoms with E-state index in [0.717, 1.165) is 0 Å². The van der Waals surface area contributed by atoms with Crippen LogP contribution in [0, 0.1) is 0 Å². The van der Waals surface area contributed by atoms with Crippen molar-refractivity contribution in [1.82, 2.24) is 19.3 Å². The number of pyridine rings is 2. The number of hydrogen-bond donors (Lipinski definition) is 0. The van der Waals surface area contributed by atoms with E-state index in [1.54, 1.807) is 24.3 Å². The van der Waals surface area contributed by atoms with Gasteiger partial charge in [0.2, 0.25) is 5.88 Å². The van der Waals surface area contributed by atoms with Crippen LogP contribution in [0.1, 0.15) is 0 Å². The third-order valence-corrected chi connectivity index (χ3v) is 4.46. The highest BCUT2D eigenvalue weighted by atomic mass is 35.5. The van der Waals surface area contributed by atoms with Crippen molar-refractivity contribution >= 4 is 33.4 Å². The summed E-state index contributed by atoms with van der Waals surface area (Å²) in [7, 11) is 1.42. The summed E-state index contributed by atoms with van der Waals surface area (Å²) in [6, 6.07) is 7.90. The minimum Gasteiger partial charge on any atom is -0.479 e. The summed E-state index contributed by atoms with van der Waals surface area (Å²) in [6.45, 7) is -1.39. The number of hydrogen-bond acceptors (Lipinski definition) is 4. The van der Waals surface area contributed by atoms with Gasteiger partial charge in [-0.25, -0.2) is 9.67 Å². The van der Waals surface area contributed by atoms with E-state index in [9.17, 15) is 18.0 Å². The fraction of sp³-hybridized carbons (Fsp3) is 0.167. The molecule has 144 valence electrons. The van der Waals surface area contributed by atoms with Crippen LogP contribution in [0.2, 0.25) is 5.02 Å². The molecule has 0 aliphatic rings. The summed E-state index contributed by atoms with van der Waals surface area (Å²) in [5, 5.41) is 5.00. The molecule has 0 atom stereocenters. The lowest BCUT2D eigenvalue weighted by Crippen LogP contribution is -2.28.